The maximum atomic E-state index is 12.0. The van der Waals surface area contributed by atoms with Gasteiger partial charge >= 0.3 is 5.97 Å². The van der Waals surface area contributed by atoms with E-state index >= 15 is 0 Å². The first-order chi connectivity index (χ1) is 11.7. The second-order valence-corrected chi connectivity index (χ2v) is 5.62. The number of aliphatic hydroxyl groups is 1. The zero-order chi connectivity index (χ0) is 17.1. The second-order valence-electron chi connectivity index (χ2n) is 5.21. The van der Waals surface area contributed by atoms with Crippen LogP contribution in [0.4, 0.5) is 0 Å². The number of aromatic nitrogens is 1. The van der Waals surface area contributed by atoms with Gasteiger partial charge in [0.15, 0.2) is 0 Å². The van der Waals surface area contributed by atoms with E-state index < -0.39 is 5.97 Å². The molecule has 0 amide bonds. The smallest absolute Gasteiger partial charge is 0.354 e. The highest BCUT2D eigenvalue weighted by molar-refractivity contribution is 6.36. The van der Waals surface area contributed by atoms with Gasteiger partial charge in [-0.3, -0.25) is 0 Å². The molecule has 0 aliphatic heterocycles. The van der Waals surface area contributed by atoms with Gasteiger partial charge in [-0.15, -0.1) is 0 Å². The number of rotatable bonds is 4. The van der Waals surface area contributed by atoms with Crippen molar-refractivity contribution < 1.29 is 14.6 Å². The molecule has 3 rings (SSSR count). The molecule has 4 nitrogen and oxygen atoms in total. The molecule has 24 heavy (non-hydrogen) atoms. The summed E-state index contributed by atoms with van der Waals surface area (Å²) in [4.78, 5) is 12.0. The van der Waals surface area contributed by atoms with Crippen molar-refractivity contribution in [3.63, 3.8) is 0 Å². The van der Waals surface area contributed by atoms with Crippen LogP contribution < -0.4 is 0 Å². The van der Waals surface area contributed by atoms with Gasteiger partial charge in [-0.2, -0.15) is 0 Å². The summed E-state index contributed by atoms with van der Waals surface area (Å²) in [5.41, 5.74) is 3.06. The number of esters is 1. The summed E-state index contributed by atoms with van der Waals surface area (Å²) in [6.45, 7) is -0.278. The number of benzene rings is 2. The molecule has 2 aromatic carbocycles. The molecule has 0 bridgehead atoms. The molecule has 0 fully saturated rings. The molecule has 0 unspecified atom stereocenters. The van der Waals surface area contributed by atoms with E-state index in [1.54, 1.807) is 10.8 Å². The van der Waals surface area contributed by atoms with Gasteiger partial charge in [0.05, 0.1) is 24.3 Å². The van der Waals surface area contributed by atoms with Gasteiger partial charge in [0.2, 0.25) is 0 Å². The third kappa shape index (κ3) is 2.94. The van der Waals surface area contributed by atoms with Crippen molar-refractivity contribution in [2.24, 2.45) is 0 Å². The van der Waals surface area contributed by atoms with Crippen LogP contribution in [0.1, 0.15) is 0 Å². The number of fused-ring (bicyclic) bond motifs is 1. The molecule has 0 radical (unpaired) electrons. The summed E-state index contributed by atoms with van der Waals surface area (Å²) in [5, 5.41) is 10.6. The number of carbonyl (C=O) groups excluding carboxylic acids is 1. The predicted octanol–water partition coefficient (Wildman–Crippen LogP) is 3.97. The number of methoxy groups -OCH3 is 1. The molecule has 0 atom stereocenters. The van der Waals surface area contributed by atoms with Crippen LogP contribution in [-0.4, -0.2) is 29.4 Å². The van der Waals surface area contributed by atoms with Gasteiger partial charge < -0.3 is 14.4 Å². The van der Waals surface area contributed by atoms with Crippen LogP contribution in [0.25, 0.3) is 27.7 Å². The fourth-order valence-corrected chi connectivity index (χ4v) is 2.92. The van der Waals surface area contributed by atoms with E-state index in [0.29, 0.717) is 5.02 Å². The molecular formula is C19H16ClNO3. The Kier molecular flexibility index (Phi) is 4.69. The van der Waals surface area contributed by atoms with Crippen LogP contribution in [-0.2, 0) is 9.53 Å². The van der Waals surface area contributed by atoms with E-state index in [1.165, 1.54) is 13.2 Å². The van der Waals surface area contributed by atoms with Crippen LogP contribution in [0.15, 0.2) is 60.8 Å². The third-order valence-electron chi connectivity index (χ3n) is 3.80. The number of hydrogen-bond acceptors (Lipinski definition) is 3. The maximum Gasteiger partial charge on any atom is 0.354 e. The van der Waals surface area contributed by atoms with E-state index in [2.05, 4.69) is 0 Å². The first-order valence-corrected chi connectivity index (χ1v) is 7.79. The first kappa shape index (κ1) is 16.3. The lowest BCUT2D eigenvalue weighted by molar-refractivity contribution is -0.134. The van der Waals surface area contributed by atoms with Crippen molar-refractivity contribution in [2.75, 3.05) is 13.7 Å². The monoisotopic (exact) mass is 341 g/mol. The third-order valence-corrected chi connectivity index (χ3v) is 4.10. The Balaban J connectivity index is 2.22. The number of halogens is 1. The zero-order valence-electron chi connectivity index (χ0n) is 13.1. The summed E-state index contributed by atoms with van der Waals surface area (Å²) >= 11 is 6.31. The van der Waals surface area contributed by atoms with E-state index in [1.807, 2.05) is 48.5 Å². The lowest BCUT2D eigenvalue weighted by Gasteiger charge is -2.09. The molecule has 122 valence electrons. The molecule has 1 heterocycles. The largest absolute Gasteiger partial charge is 0.464 e. The average molecular weight is 342 g/mol. The van der Waals surface area contributed by atoms with Crippen molar-refractivity contribution in [3.8, 4) is 11.1 Å². The van der Waals surface area contributed by atoms with Crippen molar-refractivity contribution in [2.45, 2.75) is 0 Å². The molecule has 5 heteroatoms. The molecule has 1 N–H and O–H groups in total. The first-order valence-electron chi connectivity index (χ1n) is 7.41. The van der Waals surface area contributed by atoms with Crippen molar-refractivity contribution in [1.82, 2.24) is 4.57 Å². The number of carbonyl (C=O) groups is 1. The van der Waals surface area contributed by atoms with Crippen LogP contribution >= 0.6 is 11.6 Å². The van der Waals surface area contributed by atoms with Crippen molar-refractivity contribution in [1.29, 1.82) is 0 Å². The standard InChI is InChI=1S/C19H16ClNO3/c1-24-19(23)17(9-10-22)21-12-16(20)15-8-7-14(11-18(15)21)13-5-3-2-4-6-13/h2-9,11-12,22H,10H2,1H3/b17-9-. The molecule has 0 spiro atoms. The summed E-state index contributed by atoms with van der Waals surface area (Å²) in [7, 11) is 1.30. The topological polar surface area (TPSA) is 51.5 Å². The SMILES string of the molecule is COC(=O)/C(=C/CO)n1cc(Cl)c2ccc(-c3ccccc3)cc21. The Morgan fingerprint density at radius 1 is 1.21 bits per heavy atom. The fourth-order valence-electron chi connectivity index (χ4n) is 2.67. The van der Waals surface area contributed by atoms with Gasteiger partial charge in [-0.1, -0.05) is 54.1 Å². The lowest BCUT2D eigenvalue weighted by atomic mass is 10.0. The van der Waals surface area contributed by atoms with Crippen molar-refractivity contribution >= 4 is 34.2 Å². The van der Waals surface area contributed by atoms with Gasteiger partial charge in [-0.25, -0.2) is 4.79 Å². The van der Waals surface area contributed by atoms with Gasteiger partial charge in [-0.05, 0) is 23.3 Å². The number of nitrogens with zero attached hydrogens (tertiary/aromatic N) is 1. The Morgan fingerprint density at radius 3 is 2.62 bits per heavy atom. The Bertz CT molecular complexity index is 913. The van der Waals surface area contributed by atoms with Gasteiger partial charge in [0, 0.05) is 11.6 Å². The van der Waals surface area contributed by atoms with Crippen LogP contribution in [0.3, 0.4) is 0 Å². The van der Waals surface area contributed by atoms with Crippen LogP contribution in [0, 0.1) is 0 Å². The van der Waals surface area contributed by atoms with Crippen LogP contribution in [0.5, 0.6) is 0 Å². The minimum absolute atomic E-state index is 0.224. The summed E-state index contributed by atoms with van der Waals surface area (Å²) in [6, 6.07) is 15.8. The Labute approximate surface area is 144 Å². The zero-order valence-corrected chi connectivity index (χ0v) is 13.8. The van der Waals surface area contributed by atoms with E-state index in [4.69, 9.17) is 16.3 Å². The molecule has 0 saturated carbocycles. The quantitative estimate of drug-likeness (QED) is 0.577. The summed E-state index contributed by atoms with van der Waals surface area (Å²) in [5.74, 6) is -0.539. The highest BCUT2D eigenvalue weighted by Crippen LogP contribution is 2.32. The normalized spacial score (nSPS) is 11.7. The second kappa shape index (κ2) is 6.91. The highest BCUT2D eigenvalue weighted by atomic mass is 35.5. The minimum Gasteiger partial charge on any atom is -0.464 e. The minimum atomic E-state index is -0.539. The van der Waals surface area contributed by atoms with E-state index in [0.717, 1.165) is 22.0 Å². The van der Waals surface area contributed by atoms with Gasteiger partial charge in [0.25, 0.3) is 0 Å². The lowest BCUT2D eigenvalue weighted by Crippen LogP contribution is -2.10. The Morgan fingerprint density at radius 2 is 1.96 bits per heavy atom. The molecular weight excluding hydrogens is 326 g/mol. The van der Waals surface area contributed by atoms with E-state index in [-0.39, 0.29) is 12.3 Å². The number of hydrogen-bond donors (Lipinski definition) is 1. The Hall–Kier alpha value is -2.56. The van der Waals surface area contributed by atoms with Gasteiger partial charge in [0.1, 0.15) is 5.70 Å². The average Bonchev–Trinajstić information content (AvgIpc) is 2.95. The highest BCUT2D eigenvalue weighted by Gasteiger charge is 2.17. The number of ether oxygens (including phenoxy) is 1. The molecule has 1 aromatic heterocycles. The van der Waals surface area contributed by atoms with Crippen molar-refractivity contribution in [3.05, 3.63) is 65.8 Å². The fraction of sp³-hybridized carbons (Fsp3) is 0.105. The molecule has 0 aliphatic rings. The molecule has 0 aliphatic carbocycles. The summed E-state index contributed by atoms with van der Waals surface area (Å²) < 4.78 is 6.46. The molecule has 3 aromatic rings. The maximum absolute atomic E-state index is 12.0. The number of aliphatic hydroxyl groups excluding tert-OH is 1. The van der Waals surface area contributed by atoms with E-state index in [9.17, 15) is 9.90 Å². The predicted molar refractivity (Wildman–Crippen MR) is 95.8 cm³/mol. The molecule has 0 saturated heterocycles. The summed E-state index contributed by atoms with van der Waals surface area (Å²) in [6.07, 6.45) is 3.05. The van der Waals surface area contributed by atoms with Crippen LogP contribution in [0.2, 0.25) is 5.02 Å².